The van der Waals surface area contributed by atoms with Gasteiger partial charge in [0.2, 0.25) is 0 Å². The van der Waals surface area contributed by atoms with Crippen LogP contribution in [0.5, 0.6) is 0 Å². The molecule has 0 rings (SSSR count). The van der Waals surface area contributed by atoms with Crippen molar-refractivity contribution in [1.82, 2.24) is 0 Å². The third-order valence-corrected chi connectivity index (χ3v) is 3.82. The molecule has 0 radical (unpaired) electrons. The Morgan fingerprint density at radius 3 is 1.82 bits per heavy atom. The Hall–Kier alpha value is -0.0800. The highest BCUT2D eigenvalue weighted by Crippen LogP contribution is 2.19. The molecular formula is C15H33NO. The van der Waals surface area contributed by atoms with Gasteiger partial charge in [0.1, 0.15) is 0 Å². The molecule has 0 unspecified atom stereocenters. The minimum absolute atomic E-state index is 0.0534. The Labute approximate surface area is 108 Å². The molecule has 0 aliphatic rings. The molecule has 0 saturated heterocycles. The lowest BCUT2D eigenvalue weighted by Crippen LogP contribution is -2.39. The van der Waals surface area contributed by atoms with Crippen molar-refractivity contribution in [3.63, 3.8) is 0 Å². The molecule has 0 saturated carbocycles. The summed E-state index contributed by atoms with van der Waals surface area (Å²) in [6, 6.07) is 0. The Bertz CT molecular complexity index is 147. The van der Waals surface area contributed by atoms with Gasteiger partial charge in [0.15, 0.2) is 0 Å². The maximum Gasteiger partial charge on any atom is 0.0798 e. The van der Waals surface area contributed by atoms with Crippen molar-refractivity contribution >= 4 is 0 Å². The summed E-state index contributed by atoms with van der Waals surface area (Å²) in [6.45, 7) is 8.13. The number of hydrogen-bond acceptors (Lipinski definition) is 2. The van der Waals surface area contributed by atoms with Gasteiger partial charge in [-0.1, -0.05) is 59.3 Å². The van der Waals surface area contributed by atoms with Crippen LogP contribution < -0.4 is 5.73 Å². The zero-order chi connectivity index (χ0) is 13.0. The average Bonchev–Trinajstić information content (AvgIpc) is 2.38. The lowest BCUT2D eigenvalue weighted by molar-refractivity contribution is -0.0458. The third kappa shape index (κ3) is 7.77. The minimum atomic E-state index is -0.0534. The van der Waals surface area contributed by atoms with Gasteiger partial charge in [0.05, 0.1) is 5.60 Å². The molecule has 0 aromatic carbocycles. The van der Waals surface area contributed by atoms with Crippen molar-refractivity contribution in [2.45, 2.75) is 84.2 Å². The second kappa shape index (κ2) is 11.0. The average molecular weight is 243 g/mol. The smallest absolute Gasteiger partial charge is 0.0798 e. The van der Waals surface area contributed by atoms with Crippen LogP contribution in [0, 0.1) is 0 Å². The van der Waals surface area contributed by atoms with E-state index >= 15 is 0 Å². The van der Waals surface area contributed by atoms with Crippen LogP contribution >= 0.6 is 0 Å². The molecule has 0 aromatic rings. The number of ether oxygens (including phenoxy) is 1. The summed E-state index contributed by atoms with van der Waals surface area (Å²) >= 11 is 0. The highest BCUT2D eigenvalue weighted by atomic mass is 16.5. The zero-order valence-corrected chi connectivity index (χ0v) is 12.3. The standard InChI is InChI=1S/C15H33NO/c1-4-7-8-9-10-11-12-13-17-15(5-2,6-3)14-16/h4-14,16H2,1-3H3. The number of unbranched alkanes of at least 4 members (excludes halogenated alkanes) is 6. The molecular weight excluding hydrogens is 210 g/mol. The quantitative estimate of drug-likeness (QED) is 0.519. The summed E-state index contributed by atoms with van der Waals surface area (Å²) in [5.74, 6) is 0. The summed E-state index contributed by atoms with van der Waals surface area (Å²) in [5.41, 5.74) is 5.75. The van der Waals surface area contributed by atoms with Gasteiger partial charge in [0.25, 0.3) is 0 Å². The Morgan fingerprint density at radius 2 is 1.35 bits per heavy atom. The molecule has 0 aliphatic carbocycles. The molecule has 2 N–H and O–H groups in total. The minimum Gasteiger partial charge on any atom is -0.374 e. The van der Waals surface area contributed by atoms with E-state index in [1.807, 2.05) is 0 Å². The van der Waals surface area contributed by atoms with Gasteiger partial charge >= 0.3 is 0 Å². The molecule has 0 aromatic heterocycles. The van der Waals surface area contributed by atoms with Crippen LogP contribution in [0.3, 0.4) is 0 Å². The van der Waals surface area contributed by atoms with E-state index in [0.29, 0.717) is 6.54 Å². The summed E-state index contributed by atoms with van der Waals surface area (Å²) in [4.78, 5) is 0. The Kier molecular flexibility index (Phi) is 11.0. The first-order valence-electron chi connectivity index (χ1n) is 7.58. The monoisotopic (exact) mass is 243 g/mol. The van der Waals surface area contributed by atoms with Crippen LogP contribution in [0.1, 0.15) is 78.6 Å². The molecule has 0 fully saturated rings. The lowest BCUT2D eigenvalue weighted by Gasteiger charge is -2.30. The van der Waals surface area contributed by atoms with E-state index in [0.717, 1.165) is 19.4 Å². The summed E-state index contributed by atoms with van der Waals surface area (Å²) < 4.78 is 5.98. The maximum absolute atomic E-state index is 5.98. The highest BCUT2D eigenvalue weighted by Gasteiger charge is 2.24. The molecule has 0 aliphatic heterocycles. The molecule has 2 nitrogen and oxygen atoms in total. The van der Waals surface area contributed by atoms with Crippen LogP contribution in [-0.4, -0.2) is 18.8 Å². The van der Waals surface area contributed by atoms with Gasteiger partial charge in [-0.15, -0.1) is 0 Å². The van der Waals surface area contributed by atoms with Crippen molar-refractivity contribution in [2.24, 2.45) is 5.73 Å². The molecule has 0 atom stereocenters. The highest BCUT2D eigenvalue weighted by molar-refractivity contribution is 4.78. The molecule has 104 valence electrons. The van der Waals surface area contributed by atoms with Crippen molar-refractivity contribution in [3.05, 3.63) is 0 Å². The third-order valence-electron chi connectivity index (χ3n) is 3.82. The SMILES string of the molecule is CCCCCCCCCOC(CC)(CC)CN. The van der Waals surface area contributed by atoms with Gasteiger partial charge < -0.3 is 10.5 Å². The van der Waals surface area contributed by atoms with Crippen molar-refractivity contribution < 1.29 is 4.74 Å². The van der Waals surface area contributed by atoms with Gasteiger partial charge in [-0.3, -0.25) is 0 Å². The molecule has 2 heteroatoms. The van der Waals surface area contributed by atoms with E-state index in [1.165, 1.54) is 44.9 Å². The molecule has 0 bridgehead atoms. The van der Waals surface area contributed by atoms with Crippen LogP contribution in [0.4, 0.5) is 0 Å². The van der Waals surface area contributed by atoms with Crippen LogP contribution in [0.2, 0.25) is 0 Å². The van der Waals surface area contributed by atoms with Crippen LogP contribution in [0.25, 0.3) is 0 Å². The maximum atomic E-state index is 5.98. The van der Waals surface area contributed by atoms with Gasteiger partial charge in [-0.25, -0.2) is 0 Å². The van der Waals surface area contributed by atoms with Crippen molar-refractivity contribution in [2.75, 3.05) is 13.2 Å². The lowest BCUT2D eigenvalue weighted by atomic mass is 9.97. The zero-order valence-electron chi connectivity index (χ0n) is 12.3. The second-order valence-electron chi connectivity index (χ2n) is 5.06. The Balaban J connectivity index is 3.43. The van der Waals surface area contributed by atoms with E-state index in [-0.39, 0.29) is 5.60 Å². The summed E-state index contributed by atoms with van der Waals surface area (Å²) in [7, 11) is 0. The number of hydrogen-bond donors (Lipinski definition) is 1. The number of nitrogens with two attached hydrogens (primary N) is 1. The second-order valence-corrected chi connectivity index (χ2v) is 5.06. The summed E-state index contributed by atoms with van der Waals surface area (Å²) in [6.07, 6.45) is 11.4. The predicted octanol–water partition coefficient (Wildman–Crippen LogP) is 4.27. The topological polar surface area (TPSA) is 35.2 Å². The van der Waals surface area contributed by atoms with Gasteiger partial charge in [-0.05, 0) is 19.3 Å². The van der Waals surface area contributed by atoms with E-state index in [4.69, 9.17) is 10.5 Å². The molecule has 0 heterocycles. The van der Waals surface area contributed by atoms with Crippen LogP contribution in [0.15, 0.2) is 0 Å². The van der Waals surface area contributed by atoms with E-state index in [9.17, 15) is 0 Å². The molecule has 0 spiro atoms. The van der Waals surface area contributed by atoms with Gasteiger partial charge in [-0.2, -0.15) is 0 Å². The van der Waals surface area contributed by atoms with E-state index in [1.54, 1.807) is 0 Å². The van der Waals surface area contributed by atoms with E-state index in [2.05, 4.69) is 20.8 Å². The first-order chi connectivity index (χ1) is 8.24. The summed E-state index contributed by atoms with van der Waals surface area (Å²) in [5, 5.41) is 0. The number of rotatable bonds is 12. The van der Waals surface area contributed by atoms with Crippen molar-refractivity contribution in [3.8, 4) is 0 Å². The van der Waals surface area contributed by atoms with E-state index < -0.39 is 0 Å². The normalized spacial score (nSPS) is 12.0. The molecule has 17 heavy (non-hydrogen) atoms. The van der Waals surface area contributed by atoms with Gasteiger partial charge in [0, 0.05) is 13.2 Å². The first kappa shape index (κ1) is 16.9. The fraction of sp³-hybridized carbons (Fsp3) is 1.00. The first-order valence-corrected chi connectivity index (χ1v) is 7.58. The fourth-order valence-electron chi connectivity index (χ4n) is 2.15. The fourth-order valence-corrected chi connectivity index (χ4v) is 2.15. The van der Waals surface area contributed by atoms with Crippen LogP contribution in [-0.2, 0) is 4.74 Å². The Morgan fingerprint density at radius 1 is 0.824 bits per heavy atom. The van der Waals surface area contributed by atoms with Crippen molar-refractivity contribution in [1.29, 1.82) is 0 Å². The molecule has 0 amide bonds. The predicted molar refractivity (Wildman–Crippen MR) is 76.3 cm³/mol. The largest absolute Gasteiger partial charge is 0.374 e.